The summed E-state index contributed by atoms with van der Waals surface area (Å²) in [5.41, 5.74) is 2.54. The number of nitrogens with zero attached hydrogens (tertiary/aromatic N) is 5. The fourth-order valence-corrected chi connectivity index (χ4v) is 3.42. The van der Waals surface area contributed by atoms with E-state index in [1.165, 1.54) is 0 Å². The lowest BCUT2D eigenvalue weighted by atomic mass is 10.2. The fourth-order valence-electron chi connectivity index (χ4n) is 3.42. The summed E-state index contributed by atoms with van der Waals surface area (Å²) >= 11 is 0. The van der Waals surface area contributed by atoms with E-state index in [0.717, 1.165) is 36.6 Å². The lowest BCUT2D eigenvalue weighted by molar-refractivity contribution is 0.189. The molecule has 0 saturated heterocycles. The van der Waals surface area contributed by atoms with E-state index in [1.54, 1.807) is 4.57 Å². The number of anilines is 2. The zero-order valence-electron chi connectivity index (χ0n) is 17.6. The number of ether oxygens (including phenoxy) is 1. The summed E-state index contributed by atoms with van der Waals surface area (Å²) in [6, 6.07) is 7.99. The minimum atomic E-state index is 0.0377. The average Bonchev–Trinajstić information content (AvgIpc) is 2.67. The maximum atomic E-state index is 12.9. The summed E-state index contributed by atoms with van der Waals surface area (Å²) < 4.78 is 7.35. The number of rotatable bonds is 7. The third kappa shape index (κ3) is 4.36. The van der Waals surface area contributed by atoms with Crippen molar-refractivity contribution >= 4 is 11.6 Å². The van der Waals surface area contributed by atoms with Crippen molar-refractivity contribution in [2.75, 3.05) is 45.4 Å². The van der Waals surface area contributed by atoms with Gasteiger partial charge in [0.15, 0.2) is 0 Å². The van der Waals surface area contributed by atoms with Gasteiger partial charge in [0.1, 0.15) is 5.75 Å². The van der Waals surface area contributed by atoms with E-state index in [4.69, 9.17) is 9.72 Å². The summed E-state index contributed by atoms with van der Waals surface area (Å²) in [6.45, 7) is 9.58. The molecule has 0 bridgehead atoms. The Bertz CT molecular complexity index is 860. The van der Waals surface area contributed by atoms with Crippen molar-refractivity contribution in [3.05, 3.63) is 45.9 Å². The van der Waals surface area contributed by atoms with Crippen LogP contribution >= 0.6 is 0 Å². The van der Waals surface area contributed by atoms with Crippen LogP contribution in [0.4, 0.5) is 11.6 Å². The Balaban J connectivity index is 1.94. The summed E-state index contributed by atoms with van der Waals surface area (Å²) in [4.78, 5) is 24.3. The second-order valence-corrected chi connectivity index (χ2v) is 7.54. The lowest BCUT2D eigenvalue weighted by Gasteiger charge is -2.38. The standard InChI is InChI=1S/C21H31N5O2/c1-6-28-19-10-8-18(9-11-19)25-14-24(13-7-12-23(4)5)15-26-20(27)16(2)17(3)22-21(25)26/h8-11H,6-7,12-15H2,1-5H3. The molecule has 7 heteroatoms. The first kappa shape index (κ1) is 20.4. The summed E-state index contributed by atoms with van der Waals surface area (Å²) in [6.07, 6.45) is 1.05. The minimum Gasteiger partial charge on any atom is -0.494 e. The third-order valence-electron chi connectivity index (χ3n) is 5.08. The van der Waals surface area contributed by atoms with Crippen molar-refractivity contribution in [1.29, 1.82) is 0 Å². The quantitative estimate of drug-likeness (QED) is 0.730. The van der Waals surface area contributed by atoms with Crippen LogP contribution in [-0.4, -0.2) is 59.8 Å². The van der Waals surface area contributed by atoms with Crippen LogP contribution in [0.2, 0.25) is 0 Å². The normalized spacial score (nSPS) is 14.4. The van der Waals surface area contributed by atoms with Crippen LogP contribution in [0.25, 0.3) is 0 Å². The van der Waals surface area contributed by atoms with Crippen molar-refractivity contribution in [2.24, 2.45) is 0 Å². The van der Waals surface area contributed by atoms with Crippen LogP contribution in [0.15, 0.2) is 29.1 Å². The number of hydrogen-bond acceptors (Lipinski definition) is 6. The summed E-state index contributed by atoms with van der Waals surface area (Å²) in [7, 11) is 4.16. The predicted molar refractivity (Wildman–Crippen MR) is 112 cm³/mol. The first-order valence-corrected chi connectivity index (χ1v) is 9.86. The number of aromatic nitrogens is 2. The van der Waals surface area contributed by atoms with Crippen LogP contribution in [0, 0.1) is 13.8 Å². The Labute approximate surface area is 167 Å². The Morgan fingerprint density at radius 1 is 1.14 bits per heavy atom. The van der Waals surface area contributed by atoms with Gasteiger partial charge in [-0.1, -0.05) is 0 Å². The molecule has 0 aliphatic carbocycles. The highest BCUT2D eigenvalue weighted by Crippen LogP contribution is 2.29. The van der Waals surface area contributed by atoms with E-state index in [2.05, 4.69) is 28.8 Å². The molecule has 1 aliphatic heterocycles. The number of aryl methyl sites for hydroxylation is 1. The van der Waals surface area contributed by atoms with E-state index >= 15 is 0 Å². The molecule has 7 nitrogen and oxygen atoms in total. The fraction of sp³-hybridized carbons (Fsp3) is 0.524. The van der Waals surface area contributed by atoms with Gasteiger partial charge in [-0.2, -0.15) is 0 Å². The lowest BCUT2D eigenvalue weighted by Crippen LogP contribution is -2.48. The van der Waals surface area contributed by atoms with Gasteiger partial charge in [0, 0.05) is 23.5 Å². The summed E-state index contributed by atoms with van der Waals surface area (Å²) in [5.74, 6) is 1.55. The van der Waals surface area contributed by atoms with Crippen molar-refractivity contribution < 1.29 is 4.74 Å². The van der Waals surface area contributed by atoms with E-state index < -0.39 is 0 Å². The van der Waals surface area contributed by atoms with Gasteiger partial charge in [-0.3, -0.25) is 19.2 Å². The van der Waals surface area contributed by atoms with E-state index in [1.807, 2.05) is 45.0 Å². The predicted octanol–water partition coefficient (Wildman–Crippen LogP) is 2.58. The van der Waals surface area contributed by atoms with Gasteiger partial charge in [-0.25, -0.2) is 4.98 Å². The number of hydrogen-bond donors (Lipinski definition) is 0. The topological polar surface area (TPSA) is 53.8 Å². The first-order chi connectivity index (χ1) is 13.4. The largest absolute Gasteiger partial charge is 0.494 e. The Morgan fingerprint density at radius 3 is 2.50 bits per heavy atom. The Morgan fingerprint density at radius 2 is 1.86 bits per heavy atom. The van der Waals surface area contributed by atoms with Crippen LogP contribution < -0.4 is 15.2 Å². The SMILES string of the molecule is CCOc1ccc(N2CN(CCCN(C)C)Cn3c2nc(C)c(C)c3=O)cc1. The van der Waals surface area contributed by atoms with E-state index in [0.29, 0.717) is 31.5 Å². The maximum absolute atomic E-state index is 12.9. The summed E-state index contributed by atoms with van der Waals surface area (Å²) in [5, 5.41) is 0. The molecule has 152 valence electrons. The monoisotopic (exact) mass is 385 g/mol. The van der Waals surface area contributed by atoms with Crippen LogP contribution in [0.1, 0.15) is 24.6 Å². The van der Waals surface area contributed by atoms with Gasteiger partial charge in [0.2, 0.25) is 5.95 Å². The molecule has 2 heterocycles. The highest BCUT2D eigenvalue weighted by Gasteiger charge is 2.27. The molecule has 1 aromatic heterocycles. The molecule has 0 spiro atoms. The van der Waals surface area contributed by atoms with Crippen molar-refractivity contribution in [3.8, 4) is 5.75 Å². The molecule has 0 saturated carbocycles. The van der Waals surface area contributed by atoms with Gasteiger partial charge >= 0.3 is 0 Å². The molecule has 1 aromatic carbocycles. The van der Waals surface area contributed by atoms with Crippen LogP contribution in [0.3, 0.4) is 0 Å². The van der Waals surface area contributed by atoms with Gasteiger partial charge in [-0.15, -0.1) is 0 Å². The van der Waals surface area contributed by atoms with Crippen molar-refractivity contribution in [1.82, 2.24) is 19.4 Å². The molecule has 0 radical (unpaired) electrons. The van der Waals surface area contributed by atoms with Gasteiger partial charge in [-0.05, 0) is 72.1 Å². The van der Waals surface area contributed by atoms with Gasteiger partial charge in [0.05, 0.1) is 19.9 Å². The van der Waals surface area contributed by atoms with Crippen LogP contribution in [-0.2, 0) is 6.67 Å². The highest BCUT2D eigenvalue weighted by molar-refractivity contribution is 5.59. The molecular formula is C21H31N5O2. The molecule has 0 fully saturated rings. The molecular weight excluding hydrogens is 354 g/mol. The molecule has 2 aromatic rings. The molecule has 3 rings (SSSR count). The molecule has 0 amide bonds. The highest BCUT2D eigenvalue weighted by atomic mass is 16.5. The average molecular weight is 386 g/mol. The molecule has 1 aliphatic rings. The zero-order chi connectivity index (χ0) is 20.3. The second-order valence-electron chi connectivity index (χ2n) is 7.54. The molecule has 0 unspecified atom stereocenters. The number of fused-ring (bicyclic) bond motifs is 1. The van der Waals surface area contributed by atoms with Crippen molar-refractivity contribution in [2.45, 2.75) is 33.9 Å². The number of benzene rings is 1. The van der Waals surface area contributed by atoms with Gasteiger partial charge in [0.25, 0.3) is 5.56 Å². The zero-order valence-corrected chi connectivity index (χ0v) is 17.6. The second kappa shape index (κ2) is 8.75. The minimum absolute atomic E-state index is 0.0377. The maximum Gasteiger partial charge on any atom is 0.259 e. The Hall–Kier alpha value is -2.38. The first-order valence-electron chi connectivity index (χ1n) is 9.86. The van der Waals surface area contributed by atoms with Crippen molar-refractivity contribution in [3.63, 3.8) is 0 Å². The smallest absolute Gasteiger partial charge is 0.259 e. The molecule has 28 heavy (non-hydrogen) atoms. The van der Waals surface area contributed by atoms with Gasteiger partial charge < -0.3 is 9.64 Å². The third-order valence-corrected chi connectivity index (χ3v) is 5.08. The Kier molecular flexibility index (Phi) is 6.36. The molecule has 0 atom stereocenters. The van der Waals surface area contributed by atoms with E-state index in [9.17, 15) is 4.79 Å². The van der Waals surface area contributed by atoms with Crippen LogP contribution in [0.5, 0.6) is 5.75 Å². The molecule has 0 N–H and O–H groups in total. The van der Waals surface area contributed by atoms with E-state index in [-0.39, 0.29) is 5.56 Å².